The summed E-state index contributed by atoms with van der Waals surface area (Å²) in [4.78, 5) is 0. The fraction of sp³-hybridized carbons (Fsp3) is 0.400. The van der Waals surface area contributed by atoms with Gasteiger partial charge in [-0.15, -0.1) is 0 Å². The van der Waals surface area contributed by atoms with Crippen molar-refractivity contribution in [2.75, 3.05) is 6.61 Å². The van der Waals surface area contributed by atoms with E-state index in [0.29, 0.717) is 16.6 Å². The van der Waals surface area contributed by atoms with Crippen LogP contribution in [0.3, 0.4) is 0 Å². The highest BCUT2D eigenvalue weighted by Gasteiger charge is 2.04. The molecule has 0 saturated carbocycles. The fourth-order valence-corrected chi connectivity index (χ4v) is 1.23. The minimum Gasteiger partial charge on any atom is -0.491 e. The molecular weight excluding hydrogens is 251 g/mol. The lowest BCUT2D eigenvalue weighted by Gasteiger charge is -2.10. The predicted octanol–water partition coefficient (Wildman–Crippen LogP) is 2.74. The van der Waals surface area contributed by atoms with Gasteiger partial charge in [0.15, 0.2) is 0 Å². The van der Waals surface area contributed by atoms with Gasteiger partial charge in [0, 0.05) is 0 Å². The summed E-state index contributed by atoms with van der Waals surface area (Å²) in [6.45, 7) is 2.10. The lowest BCUT2D eigenvalue weighted by molar-refractivity contribution is 0.104. The summed E-state index contributed by atoms with van der Waals surface area (Å²) in [5, 5.41) is 9.23. The van der Waals surface area contributed by atoms with Crippen LogP contribution in [0.4, 0.5) is 4.39 Å². The Labute approximate surface area is 90.8 Å². The van der Waals surface area contributed by atoms with E-state index in [4.69, 9.17) is 4.74 Å². The molecule has 0 aliphatic rings. The van der Waals surface area contributed by atoms with Gasteiger partial charge in [0.1, 0.15) is 18.2 Å². The standard InChI is InChI=1S/C10H12BrFO2/c1-2-7(13)6-14-8-3-4-10(12)9(11)5-8/h3-5,7,13H,2,6H2,1H3. The average Bonchev–Trinajstić information content (AvgIpc) is 2.19. The van der Waals surface area contributed by atoms with Crippen LogP contribution in [0.5, 0.6) is 5.75 Å². The molecule has 0 bridgehead atoms. The SMILES string of the molecule is CCC(O)COc1ccc(F)c(Br)c1. The van der Waals surface area contributed by atoms with Crippen molar-refractivity contribution < 1.29 is 14.2 Å². The van der Waals surface area contributed by atoms with Crippen molar-refractivity contribution in [1.29, 1.82) is 0 Å². The minimum absolute atomic E-state index is 0.231. The smallest absolute Gasteiger partial charge is 0.137 e. The van der Waals surface area contributed by atoms with Gasteiger partial charge in [0.2, 0.25) is 0 Å². The molecule has 1 N–H and O–H groups in total. The molecule has 0 amide bonds. The number of halogens is 2. The highest BCUT2D eigenvalue weighted by Crippen LogP contribution is 2.21. The second-order valence-corrected chi connectivity index (χ2v) is 3.80. The summed E-state index contributed by atoms with van der Waals surface area (Å²) in [6.07, 6.45) is 0.168. The first-order chi connectivity index (χ1) is 6.63. The third-order valence-corrected chi connectivity index (χ3v) is 2.41. The van der Waals surface area contributed by atoms with Crippen molar-refractivity contribution in [2.24, 2.45) is 0 Å². The summed E-state index contributed by atoms with van der Waals surface area (Å²) in [6, 6.07) is 4.39. The number of aliphatic hydroxyl groups is 1. The molecule has 1 atom stereocenters. The van der Waals surface area contributed by atoms with Gasteiger partial charge in [-0.1, -0.05) is 6.92 Å². The van der Waals surface area contributed by atoms with E-state index in [1.165, 1.54) is 18.2 Å². The monoisotopic (exact) mass is 262 g/mol. The Balaban J connectivity index is 2.55. The highest BCUT2D eigenvalue weighted by molar-refractivity contribution is 9.10. The van der Waals surface area contributed by atoms with Gasteiger partial charge < -0.3 is 9.84 Å². The molecule has 1 rings (SSSR count). The summed E-state index contributed by atoms with van der Waals surface area (Å²) < 4.78 is 18.4. The van der Waals surface area contributed by atoms with Crippen LogP contribution in [0.1, 0.15) is 13.3 Å². The van der Waals surface area contributed by atoms with E-state index in [1.807, 2.05) is 6.92 Å². The molecule has 0 fully saturated rings. The van der Waals surface area contributed by atoms with Crippen molar-refractivity contribution >= 4 is 15.9 Å². The lowest BCUT2D eigenvalue weighted by atomic mass is 10.3. The number of rotatable bonds is 4. The Morgan fingerprint density at radius 1 is 1.57 bits per heavy atom. The maximum Gasteiger partial charge on any atom is 0.137 e. The maximum atomic E-state index is 12.8. The molecule has 0 aliphatic heterocycles. The molecule has 0 saturated heterocycles. The molecule has 2 nitrogen and oxygen atoms in total. The second-order valence-electron chi connectivity index (χ2n) is 2.95. The minimum atomic E-state index is -0.473. The Hall–Kier alpha value is -0.610. The molecule has 0 radical (unpaired) electrons. The predicted molar refractivity (Wildman–Crippen MR) is 55.9 cm³/mol. The zero-order valence-corrected chi connectivity index (χ0v) is 9.42. The van der Waals surface area contributed by atoms with Crippen molar-refractivity contribution in [3.05, 3.63) is 28.5 Å². The van der Waals surface area contributed by atoms with E-state index < -0.39 is 6.10 Å². The quantitative estimate of drug-likeness (QED) is 0.905. The van der Waals surface area contributed by atoms with E-state index in [9.17, 15) is 9.50 Å². The molecule has 1 aromatic rings. The zero-order chi connectivity index (χ0) is 10.6. The molecular formula is C10H12BrFO2. The van der Waals surface area contributed by atoms with Gasteiger partial charge in [0.05, 0.1) is 10.6 Å². The van der Waals surface area contributed by atoms with Crippen LogP contribution in [0.15, 0.2) is 22.7 Å². The van der Waals surface area contributed by atoms with Gasteiger partial charge in [0.25, 0.3) is 0 Å². The molecule has 1 aromatic carbocycles. The first-order valence-corrected chi connectivity index (χ1v) is 5.18. The fourth-order valence-electron chi connectivity index (χ4n) is 0.877. The topological polar surface area (TPSA) is 29.5 Å². The van der Waals surface area contributed by atoms with Crippen molar-refractivity contribution in [2.45, 2.75) is 19.4 Å². The van der Waals surface area contributed by atoms with Crippen LogP contribution in [-0.4, -0.2) is 17.8 Å². The number of hydrogen-bond donors (Lipinski definition) is 1. The van der Waals surface area contributed by atoms with Crippen molar-refractivity contribution in [3.8, 4) is 5.75 Å². The Morgan fingerprint density at radius 2 is 2.29 bits per heavy atom. The van der Waals surface area contributed by atoms with Gasteiger partial charge in [-0.25, -0.2) is 4.39 Å². The largest absolute Gasteiger partial charge is 0.491 e. The highest BCUT2D eigenvalue weighted by atomic mass is 79.9. The van der Waals surface area contributed by atoms with Gasteiger partial charge in [-0.2, -0.15) is 0 Å². The second kappa shape index (κ2) is 5.32. The normalized spacial score (nSPS) is 12.6. The maximum absolute atomic E-state index is 12.8. The summed E-state index contributed by atoms with van der Waals surface area (Å²) in [7, 11) is 0. The van der Waals surface area contributed by atoms with E-state index in [1.54, 1.807) is 0 Å². The zero-order valence-electron chi connectivity index (χ0n) is 7.84. The molecule has 0 aromatic heterocycles. The number of ether oxygens (including phenoxy) is 1. The van der Waals surface area contributed by atoms with Gasteiger partial charge in [-0.05, 0) is 40.5 Å². The molecule has 0 spiro atoms. The molecule has 0 heterocycles. The third-order valence-electron chi connectivity index (χ3n) is 1.80. The Kier molecular flexibility index (Phi) is 4.35. The Bertz CT molecular complexity index is 304. The van der Waals surface area contributed by atoms with Gasteiger partial charge >= 0.3 is 0 Å². The van der Waals surface area contributed by atoms with Crippen LogP contribution in [0.2, 0.25) is 0 Å². The van der Waals surface area contributed by atoms with E-state index in [-0.39, 0.29) is 12.4 Å². The number of aliphatic hydroxyl groups excluding tert-OH is 1. The molecule has 0 aliphatic carbocycles. The molecule has 1 unspecified atom stereocenters. The molecule has 4 heteroatoms. The first kappa shape index (κ1) is 11.5. The van der Waals surface area contributed by atoms with Crippen LogP contribution >= 0.6 is 15.9 Å². The summed E-state index contributed by atoms with van der Waals surface area (Å²) in [5.41, 5.74) is 0. The summed E-state index contributed by atoms with van der Waals surface area (Å²) in [5.74, 6) is 0.221. The van der Waals surface area contributed by atoms with Crippen LogP contribution in [0.25, 0.3) is 0 Å². The van der Waals surface area contributed by atoms with Gasteiger partial charge in [-0.3, -0.25) is 0 Å². The average molecular weight is 263 g/mol. The van der Waals surface area contributed by atoms with Crippen LogP contribution in [-0.2, 0) is 0 Å². The van der Waals surface area contributed by atoms with E-state index >= 15 is 0 Å². The molecule has 78 valence electrons. The van der Waals surface area contributed by atoms with Crippen LogP contribution in [0, 0.1) is 5.82 Å². The van der Waals surface area contributed by atoms with E-state index in [2.05, 4.69) is 15.9 Å². The van der Waals surface area contributed by atoms with Crippen molar-refractivity contribution in [1.82, 2.24) is 0 Å². The van der Waals surface area contributed by atoms with Crippen LogP contribution < -0.4 is 4.74 Å². The molecule has 14 heavy (non-hydrogen) atoms. The lowest BCUT2D eigenvalue weighted by Crippen LogP contribution is -2.15. The number of benzene rings is 1. The van der Waals surface area contributed by atoms with E-state index in [0.717, 1.165) is 0 Å². The summed E-state index contributed by atoms with van der Waals surface area (Å²) >= 11 is 3.05. The third kappa shape index (κ3) is 3.27. The first-order valence-electron chi connectivity index (χ1n) is 4.39. The Morgan fingerprint density at radius 3 is 2.86 bits per heavy atom. The van der Waals surface area contributed by atoms with Crippen molar-refractivity contribution in [3.63, 3.8) is 0 Å². The number of hydrogen-bond acceptors (Lipinski definition) is 2.